The van der Waals surface area contributed by atoms with E-state index in [1.165, 1.54) is 12.8 Å². The molecule has 3 N–H and O–H groups in total. The number of nitrogens with zero attached hydrogens (tertiary/aromatic N) is 1. The van der Waals surface area contributed by atoms with Gasteiger partial charge in [0.15, 0.2) is 5.11 Å². The van der Waals surface area contributed by atoms with E-state index in [1.807, 2.05) is 24.3 Å². The van der Waals surface area contributed by atoms with Crippen molar-refractivity contribution in [3.63, 3.8) is 0 Å². The van der Waals surface area contributed by atoms with Crippen LogP contribution in [-0.2, 0) is 16.0 Å². The van der Waals surface area contributed by atoms with Crippen molar-refractivity contribution < 1.29 is 9.59 Å². The number of carbonyl (C=O) groups is 2. The lowest BCUT2D eigenvalue weighted by Gasteiger charge is -2.35. The number of hydrogen-bond acceptors (Lipinski definition) is 3. The van der Waals surface area contributed by atoms with E-state index in [2.05, 4.69) is 30.0 Å². The molecule has 0 aromatic heterocycles. The number of thiocarbonyl (C=S) groups is 1. The van der Waals surface area contributed by atoms with Gasteiger partial charge in [0.2, 0.25) is 11.8 Å². The van der Waals surface area contributed by atoms with Gasteiger partial charge in [0, 0.05) is 24.7 Å². The third-order valence-electron chi connectivity index (χ3n) is 6.02. The molecule has 28 heavy (non-hydrogen) atoms. The molecule has 2 fully saturated rings. The third kappa shape index (κ3) is 5.22. The number of hydrogen-bond donors (Lipinski definition) is 3. The van der Waals surface area contributed by atoms with Crippen LogP contribution in [0, 0.1) is 11.8 Å². The molecule has 0 unspecified atom stereocenters. The zero-order valence-electron chi connectivity index (χ0n) is 16.7. The fourth-order valence-electron chi connectivity index (χ4n) is 4.06. The van der Waals surface area contributed by atoms with Gasteiger partial charge in [-0.1, -0.05) is 38.8 Å². The smallest absolute Gasteiger partial charge is 0.242 e. The van der Waals surface area contributed by atoms with Crippen molar-refractivity contribution >= 4 is 34.8 Å². The van der Waals surface area contributed by atoms with Crippen LogP contribution < -0.4 is 21.1 Å². The number of nitrogens with one attached hydrogen (secondary N) is 3. The largest absolute Gasteiger partial charge is 0.358 e. The Labute approximate surface area is 172 Å². The van der Waals surface area contributed by atoms with Gasteiger partial charge < -0.3 is 10.2 Å². The minimum atomic E-state index is -0.154. The molecule has 2 amide bonds. The van der Waals surface area contributed by atoms with Crippen LogP contribution in [-0.4, -0.2) is 29.5 Å². The number of hydrazine groups is 1. The molecule has 1 heterocycles. The van der Waals surface area contributed by atoms with E-state index in [-0.39, 0.29) is 18.2 Å². The van der Waals surface area contributed by atoms with E-state index in [0.29, 0.717) is 29.4 Å². The van der Waals surface area contributed by atoms with Crippen molar-refractivity contribution in [2.75, 3.05) is 11.4 Å². The second-order valence-electron chi connectivity index (χ2n) is 8.01. The molecule has 3 atom stereocenters. The van der Waals surface area contributed by atoms with E-state index in [9.17, 15) is 9.59 Å². The topological polar surface area (TPSA) is 73.5 Å². The second kappa shape index (κ2) is 9.37. The van der Waals surface area contributed by atoms with Gasteiger partial charge in [-0.05, 0) is 54.6 Å². The van der Waals surface area contributed by atoms with Crippen LogP contribution >= 0.6 is 12.2 Å². The van der Waals surface area contributed by atoms with Gasteiger partial charge in [-0.3, -0.25) is 20.4 Å². The van der Waals surface area contributed by atoms with Crippen LogP contribution in [0.25, 0.3) is 0 Å². The monoisotopic (exact) mass is 402 g/mol. The number of anilines is 1. The summed E-state index contributed by atoms with van der Waals surface area (Å²) in [7, 11) is 0. The van der Waals surface area contributed by atoms with E-state index >= 15 is 0 Å². The lowest BCUT2D eigenvalue weighted by molar-refractivity contribution is -0.121. The molecule has 3 rings (SSSR count). The molecule has 1 saturated carbocycles. The average Bonchev–Trinajstić information content (AvgIpc) is 3.10. The molecule has 1 saturated heterocycles. The van der Waals surface area contributed by atoms with Crippen molar-refractivity contribution in [3.8, 4) is 0 Å². The SMILES string of the molecule is C[C@@H]1[C@H](C)CCC[C@H]1NC(=S)NNC(=O)Cc1ccc(N2CCCC2=O)cc1. The Balaban J connectivity index is 1.42. The van der Waals surface area contributed by atoms with Crippen molar-refractivity contribution in [2.45, 2.75) is 58.4 Å². The number of rotatable bonds is 4. The van der Waals surface area contributed by atoms with Gasteiger partial charge in [-0.15, -0.1) is 0 Å². The van der Waals surface area contributed by atoms with Crippen LogP contribution in [0.2, 0.25) is 0 Å². The minimum Gasteiger partial charge on any atom is -0.358 e. The second-order valence-corrected chi connectivity index (χ2v) is 8.42. The highest BCUT2D eigenvalue weighted by Crippen LogP contribution is 2.29. The fourth-order valence-corrected chi connectivity index (χ4v) is 4.26. The lowest BCUT2D eigenvalue weighted by atomic mass is 9.78. The molecule has 0 spiro atoms. The molecule has 1 aromatic carbocycles. The number of benzene rings is 1. The van der Waals surface area contributed by atoms with Crippen molar-refractivity contribution in [1.29, 1.82) is 0 Å². The van der Waals surface area contributed by atoms with Crippen molar-refractivity contribution in [1.82, 2.24) is 16.2 Å². The van der Waals surface area contributed by atoms with Crippen molar-refractivity contribution in [2.24, 2.45) is 11.8 Å². The molecule has 1 aliphatic carbocycles. The molecule has 6 nitrogen and oxygen atoms in total. The minimum absolute atomic E-state index is 0.154. The highest BCUT2D eigenvalue weighted by molar-refractivity contribution is 7.80. The molecule has 1 aliphatic heterocycles. The van der Waals surface area contributed by atoms with E-state index in [1.54, 1.807) is 4.90 Å². The molecule has 2 aliphatic rings. The average molecular weight is 403 g/mol. The maximum atomic E-state index is 12.2. The summed E-state index contributed by atoms with van der Waals surface area (Å²) in [6.45, 7) is 5.30. The Kier molecular flexibility index (Phi) is 6.88. The molecular formula is C21H30N4O2S. The first-order valence-electron chi connectivity index (χ1n) is 10.2. The Morgan fingerprint density at radius 3 is 2.57 bits per heavy atom. The summed E-state index contributed by atoms with van der Waals surface area (Å²) in [4.78, 5) is 25.8. The Morgan fingerprint density at radius 2 is 1.89 bits per heavy atom. The van der Waals surface area contributed by atoms with E-state index in [4.69, 9.17) is 12.2 Å². The van der Waals surface area contributed by atoms with Crippen LogP contribution in [0.5, 0.6) is 0 Å². The standard InChI is InChI=1S/C21H30N4O2S/c1-14-5-3-6-18(15(14)2)22-21(28)24-23-19(26)13-16-8-10-17(11-9-16)25-12-4-7-20(25)27/h8-11,14-15,18H,3-7,12-13H2,1-2H3,(H,23,26)(H2,22,24,28)/t14-,15-,18-/m1/s1. The summed E-state index contributed by atoms with van der Waals surface area (Å²) in [5, 5.41) is 3.79. The fraction of sp³-hybridized carbons (Fsp3) is 0.571. The van der Waals surface area contributed by atoms with Gasteiger partial charge in [-0.2, -0.15) is 0 Å². The van der Waals surface area contributed by atoms with Gasteiger partial charge in [-0.25, -0.2) is 0 Å². The maximum Gasteiger partial charge on any atom is 0.242 e. The zero-order valence-corrected chi connectivity index (χ0v) is 17.5. The highest BCUT2D eigenvalue weighted by Gasteiger charge is 2.27. The Morgan fingerprint density at radius 1 is 1.14 bits per heavy atom. The predicted molar refractivity (Wildman–Crippen MR) is 115 cm³/mol. The maximum absolute atomic E-state index is 12.2. The van der Waals surface area contributed by atoms with Crippen LogP contribution in [0.15, 0.2) is 24.3 Å². The normalized spacial score (nSPS) is 24.7. The molecule has 7 heteroatoms. The summed E-state index contributed by atoms with van der Waals surface area (Å²) < 4.78 is 0. The summed E-state index contributed by atoms with van der Waals surface area (Å²) in [5.41, 5.74) is 7.27. The zero-order chi connectivity index (χ0) is 20.1. The van der Waals surface area contributed by atoms with Crippen LogP contribution in [0.3, 0.4) is 0 Å². The summed E-state index contributed by atoms with van der Waals surface area (Å²) in [5.74, 6) is 1.25. The highest BCUT2D eigenvalue weighted by atomic mass is 32.1. The quantitative estimate of drug-likeness (QED) is 0.533. The first-order chi connectivity index (χ1) is 13.4. The Hall–Kier alpha value is -2.15. The van der Waals surface area contributed by atoms with Crippen molar-refractivity contribution in [3.05, 3.63) is 29.8 Å². The molecule has 0 radical (unpaired) electrons. The molecule has 0 bridgehead atoms. The summed E-state index contributed by atoms with van der Waals surface area (Å²) in [6.07, 6.45) is 5.34. The van der Waals surface area contributed by atoms with E-state index in [0.717, 1.165) is 30.6 Å². The first kappa shape index (κ1) is 20.6. The van der Waals surface area contributed by atoms with Crippen LogP contribution in [0.1, 0.15) is 51.5 Å². The molecule has 152 valence electrons. The van der Waals surface area contributed by atoms with Gasteiger partial charge in [0.05, 0.1) is 6.42 Å². The summed E-state index contributed by atoms with van der Waals surface area (Å²) >= 11 is 5.32. The number of amides is 2. The first-order valence-corrected chi connectivity index (χ1v) is 10.6. The summed E-state index contributed by atoms with van der Waals surface area (Å²) in [6, 6.07) is 7.93. The van der Waals surface area contributed by atoms with E-state index < -0.39 is 0 Å². The van der Waals surface area contributed by atoms with Gasteiger partial charge in [0.25, 0.3) is 0 Å². The third-order valence-corrected chi connectivity index (χ3v) is 6.24. The molecular weight excluding hydrogens is 372 g/mol. The number of carbonyl (C=O) groups excluding carboxylic acids is 2. The molecule has 1 aromatic rings. The Bertz CT molecular complexity index is 722. The predicted octanol–water partition coefficient (Wildman–Crippen LogP) is 2.68. The van der Waals surface area contributed by atoms with Gasteiger partial charge >= 0.3 is 0 Å². The van der Waals surface area contributed by atoms with Gasteiger partial charge in [0.1, 0.15) is 0 Å². The lowest BCUT2D eigenvalue weighted by Crippen LogP contribution is -2.52. The van der Waals surface area contributed by atoms with Crippen LogP contribution in [0.4, 0.5) is 5.69 Å².